The Morgan fingerprint density at radius 3 is 2.56 bits per heavy atom. The van der Waals surface area contributed by atoms with Crippen molar-refractivity contribution in [3.8, 4) is 5.75 Å². The second-order valence-corrected chi connectivity index (χ2v) is 6.29. The lowest BCUT2D eigenvalue weighted by Gasteiger charge is -2.24. The van der Waals surface area contributed by atoms with E-state index in [9.17, 15) is 23.5 Å². The molecule has 0 bridgehead atoms. The zero-order valence-corrected chi connectivity index (χ0v) is 14.8. The molecule has 0 aliphatic heterocycles. The number of hydrogen-bond acceptors (Lipinski definition) is 4. The van der Waals surface area contributed by atoms with Crippen molar-refractivity contribution in [1.82, 2.24) is 9.88 Å². The van der Waals surface area contributed by atoms with E-state index in [2.05, 4.69) is 5.32 Å². The highest BCUT2D eigenvalue weighted by atomic mass is 32.2. The highest BCUT2D eigenvalue weighted by molar-refractivity contribution is 7.80. The summed E-state index contributed by atoms with van der Waals surface area (Å²) in [4.78, 5) is 23.9. The van der Waals surface area contributed by atoms with Crippen LogP contribution in [0, 0.1) is 6.92 Å². The van der Waals surface area contributed by atoms with E-state index in [0.29, 0.717) is 11.4 Å². The molecule has 1 aromatic heterocycles. The summed E-state index contributed by atoms with van der Waals surface area (Å²) in [6, 6.07) is 8.15. The molecule has 0 aliphatic carbocycles. The van der Waals surface area contributed by atoms with E-state index in [1.807, 2.05) is 0 Å². The Balaban J connectivity index is 2.56. The van der Waals surface area contributed by atoms with E-state index in [1.54, 1.807) is 31.2 Å². The standard InChI is InChI=1S/C16H19N3O5S/c1-10-6-4-5-7-12(10)19(25(23)24)9-11-8-13(20)15(21)14(18(11)3)16(22)17-2/h4-8,21H,9H2,1-3H3,(H,17,22)(H,23,24). The van der Waals surface area contributed by atoms with Crippen molar-refractivity contribution in [3.05, 3.63) is 57.5 Å². The molecule has 0 aliphatic rings. The largest absolute Gasteiger partial charge is 0.503 e. The minimum absolute atomic E-state index is 0.107. The number of aromatic hydroxyl groups is 1. The first kappa shape index (κ1) is 18.7. The lowest BCUT2D eigenvalue weighted by Crippen LogP contribution is -2.31. The fourth-order valence-corrected chi connectivity index (χ4v) is 3.10. The summed E-state index contributed by atoms with van der Waals surface area (Å²) in [5, 5.41) is 12.2. The van der Waals surface area contributed by atoms with Crippen molar-refractivity contribution in [2.24, 2.45) is 7.05 Å². The summed E-state index contributed by atoms with van der Waals surface area (Å²) in [7, 11) is 2.87. The summed E-state index contributed by atoms with van der Waals surface area (Å²) in [5.41, 5.74) is 0.649. The molecule has 1 atom stereocenters. The van der Waals surface area contributed by atoms with E-state index in [0.717, 1.165) is 11.6 Å². The molecule has 8 nitrogen and oxygen atoms in total. The van der Waals surface area contributed by atoms with Gasteiger partial charge in [0.05, 0.1) is 12.2 Å². The normalized spacial score (nSPS) is 11.8. The summed E-state index contributed by atoms with van der Waals surface area (Å²) in [6.45, 7) is 1.69. The van der Waals surface area contributed by atoms with Gasteiger partial charge < -0.3 is 15.0 Å². The molecule has 0 radical (unpaired) electrons. The molecule has 1 heterocycles. The third-order valence-corrected chi connectivity index (χ3v) is 4.54. The van der Waals surface area contributed by atoms with E-state index in [4.69, 9.17) is 0 Å². The zero-order valence-electron chi connectivity index (χ0n) is 14.0. The van der Waals surface area contributed by atoms with Crippen molar-refractivity contribution in [3.63, 3.8) is 0 Å². The van der Waals surface area contributed by atoms with Crippen LogP contribution in [0.4, 0.5) is 5.69 Å². The molecular formula is C16H19N3O5S. The number of carbonyl (C=O) groups is 1. The van der Waals surface area contributed by atoms with Gasteiger partial charge in [-0.2, -0.15) is 0 Å². The first-order valence-corrected chi connectivity index (χ1v) is 8.42. The molecule has 2 rings (SSSR count). The second kappa shape index (κ2) is 7.49. The SMILES string of the molecule is CNC(=O)c1c(O)c(=O)cc(CN(c2ccccc2C)S(=O)O)n1C. The fraction of sp³-hybridized carbons (Fsp3) is 0.250. The number of carbonyl (C=O) groups excluding carboxylic acids is 1. The molecule has 0 fully saturated rings. The zero-order chi connectivity index (χ0) is 18.7. The summed E-state index contributed by atoms with van der Waals surface area (Å²) < 4.78 is 24.0. The maximum atomic E-state index is 12.0. The van der Waals surface area contributed by atoms with Crippen LogP contribution in [0.15, 0.2) is 35.1 Å². The molecule has 1 amide bonds. The van der Waals surface area contributed by atoms with Crippen molar-refractivity contribution >= 4 is 22.9 Å². The van der Waals surface area contributed by atoms with E-state index < -0.39 is 28.4 Å². The van der Waals surface area contributed by atoms with Crippen molar-refractivity contribution < 1.29 is 18.7 Å². The number of nitrogens with zero attached hydrogens (tertiary/aromatic N) is 2. The van der Waals surface area contributed by atoms with Crippen LogP contribution in [-0.4, -0.2) is 31.4 Å². The molecule has 25 heavy (non-hydrogen) atoms. The number of pyridine rings is 1. The van der Waals surface area contributed by atoms with Gasteiger partial charge in [0.25, 0.3) is 17.2 Å². The molecule has 1 unspecified atom stereocenters. The van der Waals surface area contributed by atoms with Crippen LogP contribution in [0.2, 0.25) is 0 Å². The maximum Gasteiger partial charge on any atom is 0.271 e. The van der Waals surface area contributed by atoms with Gasteiger partial charge >= 0.3 is 0 Å². The Morgan fingerprint density at radius 1 is 1.36 bits per heavy atom. The van der Waals surface area contributed by atoms with Crippen molar-refractivity contribution in [2.75, 3.05) is 11.4 Å². The number of para-hydroxylation sites is 1. The minimum atomic E-state index is -2.35. The second-order valence-electron chi connectivity index (χ2n) is 5.39. The molecule has 0 spiro atoms. The van der Waals surface area contributed by atoms with Crippen LogP contribution in [-0.2, 0) is 24.9 Å². The molecule has 0 saturated carbocycles. The number of aromatic nitrogens is 1. The maximum absolute atomic E-state index is 12.0. The lowest BCUT2D eigenvalue weighted by atomic mass is 10.2. The number of nitrogens with one attached hydrogen (secondary N) is 1. The molecule has 0 saturated heterocycles. The van der Waals surface area contributed by atoms with Crippen LogP contribution >= 0.6 is 0 Å². The molecule has 3 N–H and O–H groups in total. The van der Waals surface area contributed by atoms with Gasteiger partial charge in [-0.15, -0.1) is 0 Å². The highest BCUT2D eigenvalue weighted by Gasteiger charge is 2.22. The monoisotopic (exact) mass is 365 g/mol. The summed E-state index contributed by atoms with van der Waals surface area (Å²) in [6.07, 6.45) is 0. The van der Waals surface area contributed by atoms with E-state index >= 15 is 0 Å². The Kier molecular flexibility index (Phi) is 5.60. The quantitative estimate of drug-likeness (QED) is 0.682. The average molecular weight is 365 g/mol. The first-order chi connectivity index (χ1) is 11.8. The predicted octanol–water partition coefficient (Wildman–Crippen LogP) is 0.902. The Hall–Kier alpha value is -2.65. The molecule has 134 valence electrons. The van der Waals surface area contributed by atoms with Gasteiger partial charge in [-0.3, -0.25) is 18.4 Å². The van der Waals surface area contributed by atoms with Crippen LogP contribution in [0.5, 0.6) is 5.75 Å². The third kappa shape index (κ3) is 3.72. The van der Waals surface area contributed by atoms with Gasteiger partial charge in [-0.25, -0.2) is 4.21 Å². The first-order valence-electron chi connectivity index (χ1n) is 7.36. The van der Waals surface area contributed by atoms with Crippen LogP contribution in [0.3, 0.4) is 0 Å². The fourth-order valence-electron chi connectivity index (χ4n) is 2.48. The number of anilines is 1. The van der Waals surface area contributed by atoms with Crippen molar-refractivity contribution in [2.45, 2.75) is 13.5 Å². The van der Waals surface area contributed by atoms with Gasteiger partial charge in [0.2, 0.25) is 5.43 Å². The molecule has 9 heteroatoms. The smallest absolute Gasteiger partial charge is 0.271 e. The summed E-state index contributed by atoms with van der Waals surface area (Å²) in [5.74, 6) is -1.30. The van der Waals surface area contributed by atoms with Crippen LogP contribution in [0.25, 0.3) is 0 Å². The number of hydrogen-bond donors (Lipinski definition) is 3. The van der Waals surface area contributed by atoms with Gasteiger partial charge in [-0.1, -0.05) is 18.2 Å². The average Bonchev–Trinajstić information content (AvgIpc) is 2.57. The van der Waals surface area contributed by atoms with Gasteiger partial charge in [0, 0.05) is 25.9 Å². The van der Waals surface area contributed by atoms with Crippen LogP contribution in [0.1, 0.15) is 21.7 Å². The van der Waals surface area contributed by atoms with Gasteiger partial charge in [-0.05, 0) is 18.6 Å². The molecule has 1 aromatic carbocycles. The summed E-state index contributed by atoms with van der Waals surface area (Å²) >= 11 is -2.35. The number of rotatable bonds is 5. The number of benzene rings is 1. The Bertz CT molecular complexity index is 894. The molecule has 2 aromatic rings. The number of amides is 1. The minimum Gasteiger partial charge on any atom is -0.503 e. The molecular weight excluding hydrogens is 346 g/mol. The van der Waals surface area contributed by atoms with E-state index in [-0.39, 0.29) is 12.2 Å². The lowest BCUT2D eigenvalue weighted by molar-refractivity contribution is 0.0950. The Morgan fingerprint density at radius 2 is 2.00 bits per heavy atom. The predicted molar refractivity (Wildman–Crippen MR) is 94.9 cm³/mol. The number of aryl methyl sites for hydroxylation is 1. The van der Waals surface area contributed by atoms with Crippen LogP contribution < -0.4 is 15.1 Å². The Labute approximate surface area is 147 Å². The van der Waals surface area contributed by atoms with Gasteiger partial charge in [0.1, 0.15) is 0 Å². The van der Waals surface area contributed by atoms with Crippen molar-refractivity contribution in [1.29, 1.82) is 0 Å². The topological polar surface area (TPSA) is 112 Å². The highest BCUT2D eigenvalue weighted by Crippen LogP contribution is 2.23. The third-order valence-electron chi connectivity index (χ3n) is 3.84. The van der Waals surface area contributed by atoms with E-state index in [1.165, 1.54) is 23.0 Å². The van der Waals surface area contributed by atoms with Gasteiger partial charge in [0.15, 0.2) is 11.4 Å².